The van der Waals surface area contributed by atoms with Gasteiger partial charge in [-0.25, -0.2) is 9.59 Å². The number of ether oxygens (including phenoxy) is 2. The standard InChI is InChI=1S/C19H29NO2.C2H2O4/c1-3-8-16-11-12-18(19(15-16)21-2)22-14-7-6-13-20-17-9-4-5-10-17;3-1(4)2(5)6/h3,11-12,15,17,20H,1,4-10,13-14H2,2H3;(H,3,4)(H,5,6). The lowest BCUT2D eigenvalue weighted by molar-refractivity contribution is -0.159. The molecule has 156 valence electrons. The van der Waals surface area contributed by atoms with Crippen molar-refractivity contribution in [3.8, 4) is 11.5 Å². The maximum absolute atomic E-state index is 9.10. The average Bonchev–Trinajstić information content (AvgIpc) is 3.19. The second kappa shape index (κ2) is 13.6. The van der Waals surface area contributed by atoms with Crippen LogP contribution >= 0.6 is 0 Å². The Kier molecular flexibility index (Phi) is 11.4. The van der Waals surface area contributed by atoms with Crippen molar-refractivity contribution in [1.82, 2.24) is 5.32 Å². The zero-order chi connectivity index (χ0) is 20.8. The number of rotatable bonds is 10. The first kappa shape index (κ1) is 23.5. The van der Waals surface area contributed by atoms with Gasteiger partial charge in [0.15, 0.2) is 11.5 Å². The minimum atomic E-state index is -1.82. The first-order valence-electron chi connectivity index (χ1n) is 9.58. The van der Waals surface area contributed by atoms with Crippen LogP contribution in [0.15, 0.2) is 30.9 Å². The largest absolute Gasteiger partial charge is 0.493 e. The van der Waals surface area contributed by atoms with E-state index in [-0.39, 0.29) is 0 Å². The molecule has 0 unspecified atom stereocenters. The highest BCUT2D eigenvalue weighted by Gasteiger charge is 2.13. The second-order valence-corrected chi connectivity index (χ2v) is 6.58. The van der Waals surface area contributed by atoms with E-state index in [0.29, 0.717) is 0 Å². The molecule has 2 rings (SSSR count). The number of unbranched alkanes of at least 4 members (excludes halogenated alkanes) is 1. The van der Waals surface area contributed by atoms with Crippen LogP contribution in [0.1, 0.15) is 44.1 Å². The normalized spacial score (nSPS) is 13.3. The molecule has 1 fully saturated rings. The molecule has 7 heteroatoms. The van der Waals surface area contributed by atoms with Crippen molar-refractivity contribution in [2.75, 3.05) is 20.3 Å². The molecule has 0 aromatic heterocycles. The number of nitrogens with one attached hydrogen (secondary N) is 1. The highest BCUT2D eigenvalue weighted by atomic mass is 16.5. The fraction of sp³-hybridized carbons (Fsp3) is 0.524. The van der Waals surface area contributed by atoms with Crippen LogP contribution in [-0.4, -0.2) is 48.5 Å². The Balaban J connectivity index is 0.000000568. The number of carboxylic acid groups (broad SMARTS) is 2. The van der Waals surface area contributed by atoms with Crippen molar-refractivity contribution in [1.29, 1.82) is 0 Å². The Morgan fingerprint density at radius 3 is 2.43 bits per heavy atom. The van der Waals surface area contributed by atoms with Gasteiger partial charge in [-0.3, -0.25) is 0 Å². The van der Waals surface area contributed by atoms with Gasteiger partial charge in [0.25, 0.3) is 0 Å². The first-order chi connectivity index (χ1) is 13.5. The number of hydrogen-bond donors (Lipinski definition) is 3. The van der Waals surface area contributed by atoms with Gasteiger partial charge >= 0.3 is 11.9 Å². The van der Waals surface area contributed by atoms with E-state index in [1.165, 1.54) is 31.2 Å². The SMILES string of the molecule is C=CCc1ccc(OCCCCNC2CCCC2)c(OC)c1.O=C(O)C(=O)O. The molecule has 1 aliphatic carbocycles. The van der Waals surface area contributed by atoms with Crippen LogP contribution in [0.2, 0.25) is 0 Å². The van der Waals surface area contributed by atoms with E-state index in [1.54, 1.807) is 7.11 Å². The van der Waals surface area contributed by atoms with Crippen LogP contribution < -0.4 is 14.8 Å². The fourth-order valence-electron chi connectivity index (χ4n) is 2.97. The van der Waals surface area contributed by atoms with Gasteiger partial charge in [0.1, 0.15) is 0 Å². The Hall–Kier alpha value is -2.54. The summed E-state index contributed by atoms with van der Waals surface area (Å²) in [5.41, 5.74) is 1.19. The van der Waals surface area contributed by atoms with Crippen molar-refractivity contribution in [2.45, 2.75) is 51.0 Å². The molecule has 0 bridgehead atoms. The molecule has 1 aromatic rings. The van der Waals surface area contributed by atoms with Gasteiger partial charge in [-0.05, 0) is 56.3 Å². The molecule has 0 heterocycles. The zero-order valence-corrected chi connectivity index (χ0v) is 16.5. The van der Waals surface area contributed by atoms with E-state index in [1.807, 2.05) is 18.2 Å². The molecular formula is C21H31NO6. The van der Waals surface area contributed by atoms with Gasteiger partial charge in [-0.2, -0.15) is 0 Å². The minimum absolute atomic E-state index is 0.740. The summed E-state index contributed by atoms with van der Waals surface area (Å²) in [6, 6.07) is 6.85. The van der Waals surface area contributed by atoms with Crippen molar-refractivity contribution in [3.05, 3.63) is 36.4 Å². The lowest BCUT2D eigenvalue weighted by Gasteiger charge is -2.13. The first-order valence-corrected chi connectivity index (χ1v) is 9.58. The molecule has 0 spiro atoms. The highest BCUT2D eigenvalue weighted by Crippen LogP contribution is 2.28. The summed E-state index contributed by atoms with van der Waals surface area (Å²) < 4.78 is 11.3. The smallest absolute Gasteiger partial charge is 0.414 e. The number of carboxylic acids is 2. The minimum Gasteiger partial charge on any atom is -0.493 e. The third-order valence-electron chi connectivity index (χ3n) is 4.41. The van der Waals surface area contributed by atoms with Crippen LogP contribution in [-0.2, 0) is 16.0 Å². The fourth-order valence-corrected chi connectivity index (χ4v) is 2.97. The van der Waals surface area contributed by atoms with Crippen LogP contribution in [0, 0.1) is 0 Å². The molecule has 28 heavy (non-hydrogen) atoms. The number of methoxy groups -OCH3 is 1. The summed E-state index contributed by atoms with van der Waals surface area (Å²) in [4.78, 5) is 18.2. The Morgan fingerprint density at radius 1 is 1.18 bits per heavy atom. The van der Waals surface area contributed by atoms with Crippen LogP contribution in [0.25, 0.3) is 0 Å². The average molecular weight is 393 g/mol. The predicted molar refractivity (Wildman–Crippen MR) is 107 cm³/mol. The highest BCUT2D eigenvalue weighted by molar-refractivity contribution is 6.27. The summed E-state index contributed by atoms with van der Waals surface area (Å²) in [6.07, 6.45) is 10.5. The van der Waals surface area contributed by atoms with Crippen molar-refractivity contribution in [3.63, 3.8) is 0 Å². The van der Waals surface area contributed by atoms with E-state index in [2.05, 4.69) is 18.0 Å². The molecule has 0 aliphatic heterocycles. The molecular weight excluding hydrogens is 362 g/mol. The summed E-state index contributed by atoms with van der Waals surface area (Å²) in [7, 11) is 1.69. The Morgan fingerprint density at radius 2 is 1.86 bits per heavy atom. The molecule has 1 aromatic carbocycles. The molecule has 7 nitrogen and oxygen atoms in total. The van der Waals surface area contributed by atoms with E-state index in [0.717, 1.165) is 50.0 Å². The van der Waals surface area contributed by atoms with E-state index >= 15 is 0 Å². The summed E-state index contributed by atoms with van der Waals surface area (Å²) >= 11 is 0. The third kappa shape index (κ3) is 9.41. The zero-order valence-electron chi connectivity index (χ0n) is 16.5. The number of hydrogen-bond acceptors (Lipinski definition) is 5. The third-order valence-corrected chi connectivity index (χ3v) is 4.41. The van der Waals surface area contributed by atoms with Gasteiger partial charge in [-0.15, -0.1) is 6.58 Å². The van der Waals surface area contributed by atoms with Crippen molar-refractivity contribution < 1.29 is 29.3 Å². The molecule has 1 saturated carbocycles. The predicted octanol–water partition coefficient (Wildman–Crippen LogP) is 3.27. The van der Waals surface area contributed by atoms with Gasteiger partial charge in [0, 0.05) is 6.04 Å². The maximum atomic E-state index is 9.10. The van der Waals surface area contributed by atoms with Gasteiger partial charge in [0.2, 0.25) is 0 Å². The van der Waals surface area contributed by atoms with Crippen LogP contribution in [0.3, 0.4) is 0 Å². The molecule has 0 amide bonds. The maximum Gasteiger partial charge on any atom is 0.414 e. The van der Waals surface area contributed by atoms with Gasteiger partial charge in [0.05, 0.1) is 13.7 Å². The molecule has 0 radical (unpaired) electrons. The van der Waals surface area contributed by atoms with Crippen molar-refractivity contribution in [2.24, 2.45) is 0 Å². The van der Waals surface area contributed by atoms with Gasteiger partial charge in [-0.1, -0.05) is 25.0 Å². The number of allylic oxidation sites excluding steroid dienone is 1. The van der Waals surface area contributed by atoms with Crippen molar-refractivity contribution >= 4 is 11.9 Å². The summed E-state index contributed by atoms with van der Waals surface area (Å²) in [6.45, 7) is 5.60. The van der Waals surface area contributed by atoms with Gasteiger partial charge < -0.3 is 25.0 Å². The quantitative estimate of drug-likeness (QED) is 0.318. The molecule has 0 saturated heterocycles. The Bertz CT molecular complexity index is 613. The van der Waals surface area contributed by atoms with E-state index in [4.69, 9.17) is 29.3 Å². The molecule has 1 aliphatic rings. The Labute approximate surface area is 166 Å². The summed E-state index contributed by atoms with van der Waals surface area (Å²) in [5.74, 6) is -2.01. The topological polar surface area (TPSA) is 105 Å². The van der Waals surface area contributed by atoms with Crippen LogP contribution in [0.5, 0.6) is 11.5 Å². The second-order valence-electron chi connectivity index (χ2n) is 6.58. The lowest BCUT2D eigenvalue weighted by Crippen LogP contribution is -2.27. The van der Waals surface area contributed by atoms with E-state index in [9.17, 15) is 0 Å². The monoisotopic (exact) mass is 393 g/mol. The van der Waals surface area contributed by atoms with E-state index < -0.39 is 11.9 Å². The lowest BCUT2D eigenvalue weighted by atomic mass is 10.1. The number of carbonyl (C=O) groups is 2. The number of benzene rings is 1. The molecule has 3 N–H and O–H groups in total. The van der Waals surface area contributed by atoms with Crippen LogP contribution in [0.4, 0.5) is 0 Å². The molecule has 0 atom stereocenters. The summed E-state index contributed by atoms with van der Waals surface area (Å²) in [5, 5.41) is 18.4. The number of aliphatic carboxylic acids is 2.